The molecule has 1 N–H and O–H groups in total. The topological polar surface area (TPSA) is 80.7 Å². The van der Waals surface area contributed by atoms with Crippen LogP contribution in [0.3, 0.4) is 0 Å². The van der Waals surface area contributed by atoms with Gasteiger partial charge in [-0.25, -0.2) is 8.42 Å². The van der Waals surface area contributed by atoms with Gasteiger partial charge in [0.25, 0.3) is 0 Å². The SMILES string of the molecule is Cc1ccc(S(=O)(=O)C2(C(=O)O)CCOCC2)cc1. The monoisotopic (exact) mass is 284 g/mol. The van der Waals surface area contributed by atoms with Gasteiger partial charge in [0.2, 0.25) is 0 Å². The van der Waals surface area contributed by atoms with Crippen LogP contribution in [0.15, 0.2) is 29.2 Å². The van der Waals surface area contributed by atoms with E-state index in [0.29, 0.717) is 0 Å². The molecule has 0 aliphatic carbocycles. The van der Waals surface area contributed by atoms with Crippen molar-refractivity contribution in [3.05, 3.63) is 29.8 Å². The molecule has 0 saturated carbocycles. The van der Waals surface area contributed by atoms with Crippen molar-refractivity contribution in [1.82, 2.24) is 0 Å². The Bertz CT molecular complexity index is 568. The summed E-state index contributed by atoms with van der Waals surface area (Å²) >= 11 is 0. The van der Waals surface area contributed by atoms with Gasteiger partial charge in [-0.05, 0) is 19.1 Å². The normalized spacial score (nSPS) is 19.0. The van der Waals surface area contributed by atoms with Gasteiger partial charge in [0.1, 0.15) is 0 Å². The number of hydrogen-bond acceptors (Lipinski definition) is 4. The number of benzene rings is 1. The number of aliphatic carboxylic acids is 1. The molecule has 0 amide bonds. The molecule has 2 rings (SSSR count). The molecule has 1 aliphatic rings. The summed E-state index contributed by atoms with van der Waals surface area (Å²) in [5.74, 6) is -1.30. The predicted molar refractivity (Wildman–Crippen MR) is 68.8 cm³/mol. The van der Waals surface area contributed by atoms with E-state index in [4.69, 9.17) is 4.74 Å². The van der Waals surface area contributed by atoms with E-state index < -0.39 is 20.6 Å². The lowest BCUT2D eigenvalue weighted by Gasteiger charge is -2.32. The molecule has 5 nitrogen and oxygen atoms in total. The molecule has 0 unspecified atom stereocenters. The molecule has 0 atom stereocenters. The molecular formula is C13H16O5S. The summed E-state index contributed by atoms with van der Waals surface area (Å²) in [6.45, 7) is 2.15. The highest BCUT2D eigenvalue weighted by atomic mass is 32.2. The lowest BCUT2D eigenvalue weighted by Crippen LogP contribution is -2.50. The van der Waals surface area contributed by atoms with Gasteiger partial charge in [0, 0.05) is 26.1 Å². The van der Waals surface area contributed by atoms with Crippen LogP contribution in [0.25, 0.3) is 0 Å². The number of ether oxygens (including phenoxy) is 1. The Hall–Kier alpha value is -1.40. The Balaban J connectivity index is 2.51. The number of carboxylic acid groups (broad SMARTS) is 1. The Kier molecular flexibility index (Phi) is 3.64. The van der Waals surface area contributed by atoms with Crippen LogP contribution in [0.2, 0.25) is 0 Å². The highest BCUT2D eigenvalue weighted by molar-refractivity contribution is 7.93. The number of rotatable bonds is 3. The molecule has 1 aromatic carbocycles. The van der Waals surface area contributed by atoms with E-state index in [1.807, 2.05) is 6.92 Å². The summed E-state index contributed by atoms with van der Waals surface area (Å²) in [7, 11) is -3.92. The highest BCUT2D eigenvalue weighted by Crippen LogP contribution is 2.35. The first-order chi connectivity index (χ1) is 8.90. The first kappa shape index (κ1) is 14.0. The highest BCUT2D eigenvalue weighted by Gasteiger charge is 2.52. The maximum Gasteiger partial charge on any atom is 0.325 e. The zero-order valence-corrected chi connectivity index (χ0v) is 11.4. The van der Waals surface area contributed by atoms with Gasteiger partial charge in [-0.2, -0.15) is 0 Å². The van der Waals surface area contributed by atoms with Crippen molar-refractivity contribution in [2.24, 2.45) is 0 Å². The van der Waals surface area contributed by atoms with Crippen molar-refractivity contribution in [3.8, 4) is 0 Å². The van der Waals surface area contributed by atoms with E-state index in [1.165, 1.54) is 12.1 Å². The summed E-state index contributed by atoms with van der Waals surface area (Å²) in [6, 6.07) is 6.26. The van der Waals surface area contributed by atoms with Crippen LogP contribution in [0.5, 0.6) is 0 Å². The van der Waals surface area contributed by atoms with Crippen molar-refractivity contribution in [2.75, 3.05) is 13.2 Å². The second-order valence-corrected chi connectivity index (χ2v) is 6.99. The lowest BCUT2D eigenvalue weighted by molar-refractivity contribution is -0.142. The van der Waals surface area contributed by atoms with E-state index >= 15 is 0 Å². The quantitative estimate of drug-likeness (QED) is 0.907. The minimum atomic E-state index is -3.92. The molecule has 0 bridgehead atoms. The van der Waals surface area contributed by atoms with E-state index in [-0.39, 0.29) is 31.0 Å². The second-order valence-electron chi connectivity index (χ2n) is 4.73. The van der Waals surface area contributed by atoms with Gasteiger partial charge in [-0.1, -0.05) is 17.7 Å². The molecule has 1 heterocycles. The summed E-state index contributed by atoms with van der Waals surface area (Å²) < 4.78 is 28.6. The molecule has 19 heavy (non-hydrogen) atoms. The average Bonchev–Trinajstić information content (AvgIpc) is 2.39. The molecule has 0 radical (unpaired) electrons. The molecule has 0 spiro atoms. The molecule has 1 aromatic rings. The van der Waals surface area contributed by atoms with Crippen molar-refractivity contribution in [2.45, 2.75) is 29.4 Å². The standard InChI is InChI=1S/C13H16O5S/c1-10-2-4-11(5-3-10)19(16,17)13(12(14)15)6-8-18-9-7-13/h2-5H,6-9H2,1H3,(H,14,15). The maximum atomic E-state index is 12.6. The molecule has 104 valence electrons. The third-order valence-corrected chi connectivity index (χ3v) is 6.04. The Morgan fingerprint density at radius 3 is 2.21 bits per heavy atom. The Labute approximate surface area is 112 Å². The lowest BCUT2D eigenvalue weighted by atomic mass is 9.99. The van der Waals surface area contributed by atoms with E-state index in [0.717, 1.165) is 5.56 Å². The molecule has 1 aliphatic heterocycles. The fraction of sp³-hybridized carbons (Fsp3) is 0.462. The summed E-state index contributed by atoms with van der Waals surface area (Å²) in [5, 5.41) is 9.41. The smallest absolute Gasteiger partial charge is 0.325 e. The zero-order valence-electron chi connectivity index (χ0n) is 10.6. The predicted octanol–water partition coefficient (Wildman–Crippen LogP) is 1.40. The van der Waals surface area contributed by atoms with Crippen LogP contribution in [-0.4, -0.2) is 37.5 Å². The number of hydrogen-bond donors (Lipinski definition) is 1. The molecule has 1 fully saturated rings. The number of carboxylic acids is 1. The minimum absolute atomic E-state index is 0.0153. The first-order valence-electron chi connectivity index (χ1n) is 6.03. The van der Waals surface area contributed by atoms with Gasteiger partial charge in [-0.3, -0.25) is 4.79 Å². The van der Waals surface area contributed by atoms with Crippen LogP contribution < -0.4 is 0 Å². The van der Waals surface area contributed by atoms with E-state index in [9.17, 15) is 18.3 Å². The van der Waals surface area contributed by atoms with Crippen molar-refractivity contribution < 1.29 is 23.1 Å². The van der Waals surface area contributed by atoms with Gasteiger partial charge >= 0.3 is 5.97 Å². The molecule has 1 saturated heterocycles. The fourth-order valence-corrected chi connectivity index (χ4v) is 4.12. The largest absolute Gasteiger partial charge is 0.480 e. The molecule has 0 aromatic heterocycles. The zero-order chi connectivity index (χ0) is 14.1. The van der Waals surface area contributed by atoms with Crippen LogP contribution in [-0.2, 0) is 19.4 Å². The number of aryl methyl sites for hydroxylation is 1. The van der Waals surface area contributed by atoms with E-state index in [1.54, 1.807) is 12.1 Å². The third-order valence-electron chi connectivity index (χ3n) is 3.54. The van der Waals surface area contributed by atoms with Crippen molar-refractivity contribution in [1.29, 1.82) is 0 Å². The summed E-state index contributed by atoms with van der Waals surface area (Å²) in [5.41, 5.74) is 0.926. The average molecular weight is 284 g/mol. The second kappa shape index (κ2) is 4.94. The first-order valence-corrected chi connectivity index (χ1v) is 7.51. The number of carbonyl (C=O) groups is 1. The van der Waals surface area contributed by atoms with Crippen LogP contribution in [0.1, 0.15) is 18.4 Å². The number of sulfone groups is 1. The van der Waals surface area contributed by atoms with Crippen LogP contribution >= 0.6 is 0 Å². The molecular weight excluding hydrogens is 268 g/mol. The maximum absolute atomic E-state index is 12.6. The van der Waals surface area contributed by atoms with Gasteiger partial charge in [0.05, 0.1) is 4.90 Å². The van der Waals surface area contributed by atoms with E-state index in [2.05, 4.69) is 0 Å². The van der Waals surface area contributed by atoms with Gasteiger partial charge in [0.15, 0.2) is 14.6 Å². The Morgan fingerprint density at radius 2 is 1.74 bits per heavy atom. The van der Waals surface area contributed by atoms with Crippen molar-refractivity contribution >= 4 is 15.8 Å². The van der Waals surface area contributed by atoms with Crippen molar-refractivity contribution in [3.63, 3.8) is 0 Å². The molecule has 6 heteroatoms. The minimum Gasteiger partial charge on any atom is -0.480 e. The van der Waals surface area contributed by atoms with Gasteiger partial charge < -0.3 is 9.84 Å². The van der Waals surface area contributed by atoms with Crippen LogP contribution in [0.4, 0.5) is 0 Å². The summed E-state index contributed by atoms with van der Waals surface area (Å²) in [6.07, 6.45) is -0.0307. The van der Waals surface area contributed by atoms with Crippen LogP contribution in [0, 0.1) is 6.92 Å². The summed E-state index contributed by atoms with van der Waals surface area (Å²) in [4.78, 5) is 11.6. The Morgan fingerprint density at radius 1 is 1.21 bits per heavy atom. The third kappa shape index (κ3) is 2.26. The van der Waals surface area contributed by atoms with Gasteiger partial charge in [-0.15, -0.1) is 0 Å². The fourth-order valence-electron chi connectivity index (χ4n) is 2.24.